The van der Waals surface area contributed by atoms with Crippen LogP contribution in [-0.2, 0) is 24.8 Å². The summed E-state index contributed by atoms with van der Waals surface area (Å²) in [5.41, 5.74) is 0. The molecule has 2 aliphatic heterocycles. The van der Waals surface area contributed by atoms with Crippen LogP contribution in [0.15, 0.2) is 16.3 Å². The van der Waals surface area contributed by atoms with Gasteiger partial charge in [0.1, 0.15) is 10.3 Å². The van der Waals surface area contributed by atoms with Crippen LogP contribution in [0.1, 0.15) is 24.1 Å². The van der Waals surface area contributed by atoms with E-state index in [0.717, 1.165) is 24.0 Å². The third kappa shape index (κ3) is 4.37. The highest BCUT2D eigenvalue weighted by Crippen LogP contribution is 2.26. The van der Waals surface area contributed by atoms with Gasteiger partial charge in [0.2, 0.25) is 15.9 Å². The molecule has 3 rings (SSSR count). The molecule has 0 saturated carbocycles. The number of hydrogen-bond acceptors (Lipinski definition) is 6. The molecule has 1 amide bonds. The molecule has 0 N–H and O–H groups in total. The smallest absolute Gasteiger partial charge is 0.252 e. The van der Waals surface area contributed by atoms with Crippen LogP contribution in [0.25, 0.3) is 0 Å². The van der Waals surface area contributed by atoms with Gasteiger partial charge in [-0.2, -0.15) is 8.61 Å². The summed E-state index contributed by atoms with van der Waals surface area (Å²) in [7, 11) is -6.99. The van der Waals surface area contributed by atoms with E-state index in [1.807, 2.05) is 6.92 Å². The van der Waals surface area contributed by atoms with Crippen LogP contribution in [0.5, 0.6) is 0 Å². The first-order chi connectivity index (χ1) is 12.6. The Labute approximate surface area is 164 Å². The van der Waals surface area contributed by atoms with Gasteiger partial charge in [0.25, 0.3) is 10.0 Å². The van der Waals surface area contributed by atoms with Crippen LogP contribution in [0.3, 0.4) is 0 Å². The number of piperazine rings is 1. The van der Waals surface area contributed by atoms with E-state index < -0.39 is 26.1 Å². The highest BCUT2D eigenvalue weighted by Gasteiger charge is 2.39. The predicted octanol–water partition coefficient (Wildman–Crippen LogP) is 0.704. The van der Waals surface area contributed by atoms with E-state index in [2.05, 4.69) is 0 Å². The normalized spacial score (nSPS) is 23.5. The zero-order chi connectivity index (χ0) is 19.8. The summed E-state index contributed by atoms with van der Waals surface area (Å²) in [5.74, 6) is -0.218. The molecular formula is C16H25N3O5S3. The number of piperidine rings is 1. The van der Waals surface area contributed by atoms with Crippen molar-refractivity contribution < 1.29 is 21.6 Å². The molecule has 0 radical (unpaired) electrons. The highest BCUT2D eigenvalue weighted by atomic mass is 32.2. The number of amides is 1. The number of carbonyl (C=O) groups excluding carboxylic acids is 1. The van der Waals surface area contributed by atoms with Crippen LogP contribution in [-0.4, -0.2) is 81.3 Å². The molecule has 1 aromatic rings. The van der Waals surface area contributed by atoms with Crippen LogP contribution in [0.2, 0.25) is 0 Å². The van der Waals surface area contributed by atoms with Crippen LogP contribution in [0, 0.1) is 6.92 Å². The number of sulfonamides is 2. The third-order valence-electron chi connectivity index (χ3n) is 5.02. The van der Waals surface area contributed by atoms with Crippen molar-refractivity contribution in [2.45, 2.75) is 36.4 Å². The average Bonchev–Trinajstić information content (AvgIpc) is 3.08. The van der Waals surface area contributed by atoms with Gasteiger partial charge in [0.15, 0.2) is 0 Å². The lowest BCUT2D eigenvalue weighted by atomic mass is 10.0. The van der Waals surface area contributed by atoms with E-state index in [9.17, 15) is 21.6 Å². The molecule has 3 heterocycles. The van der Waals surface area contributed by atoms with E-state index in [4.69, 9.17) is 0 Å². The molecule has 2 aliphatic rings. The minimum atomic E-state index is -3.54. The first kappa shape index (κ1) is 20.7. The lowest BCUT2D eigenvalue weighted by molar-refractivity contribution is -0.137. The maximum atomic E-state index is 12.9. The molecule has 2 saturated heterocycles. The Morgan fingerprint density at radius 1 is 1.04 bits per heavy atom. The molecule has 11 heteroatoms. The van der Waals surface area contributed by atoms with Crippen molar-refractivity contribution in [1.82, 2.24) is 13.5 Å². The summed E-state index contributed by atoms with van der Waals surface area (Å²) in [6, 6.07) is 2.72. The Balaban J connectivity index is 1.67. The molecule has 152 valence electrons. The van der Waals surface area contributed by atoms with Crippen molar-refractivity contribution in [1.29, 1.82) is 0 Å². The van der Waals surface area contributed by atoms with Gasteiger partial charge >= 0.3 is 0 Å². The lowest BCUT2D eigenvalue weighted by Crippen LogP contribution is -2.57. The molecule has 1 aromatic heterocycles. The Morgan fingerprint density at radius 3 is 2.26 bits per heavy atom. The van der Waals surface area contributed by atoms with Crippen molar-refractivity contribution in [2.24, 2.45) is 0 Å². The van der Waals surface area contributed by atoms with Gasteiger partial charge < -0.3 is 4.90 Å². The second-order valence-corrected chi connectivity index (χ2v) is 12.4. The van der Waals surface area contributed by atoms with Crippen molar-refractivity contribution >= 4 is 37.3 Å². The Hall–Kier alpha value is -1.01. The zero-order valence-corrected chi connectivity index (χ0v) is 17.9. The van der Waals surface area contributed by atoms with Gasteiger partial charge in [-0.25, -0.2) is 16.8 Å². The molecule has 1 unspecified atom stereocenters. The Bertz CT molecular complexity index is 901. The molecular weight excluding hydrogens is 410 g/mol. The molecule has 0 aromatic carbocycles. The SMILES string of the molecule is Cc1ccc(S(=O)(=O)N2CCN(C(=O)C3CCCCN3S(C)(=O)=O)CC2)s1. The van der Waals surface area contributed by atoms with Gasteiger partial charge in [-0.05, 0) is 31.9 Å². The number of hydrogen-bond donors (Lipinski definition) is 0. The fourth-order valence-corrected chi connectivity index (χ4v) is 7.56. The first-order valence-electron chi connectivity index (χ1n) is 8.93. The molecule has 0 aliphatic carbocycles. The summed E-state index contributed by atoms with van der Waals surface area (Å²) < 4.78 is 52.4. The minimum Gasteiger partial charge on any atom is -0.339 e. The van der Waals surface area contributed by atoms with Gasteiger partial charge in [0.05, 0.1) is 6.26 Å². The van der Waals surface area contributed by atoms with E-state index in [-0.39, 0.29) is 32.1 Å². The molecule has 27 heavy (non-hydrogen) atoms. The van der Waals surface area contributed by atoms with E-state index in [1.165, 1.54) is 19.9 Å². The van der Waals surface area contributed by atoms with Crippen LogP contribution in [0.4, 0.5) is 0 Å². The lowest BCUT2D eigenvalue weighted by Gasteiger charge is -2.39. The fraction of sp³-hybridized carbons (Fsp3) is 0.688. The van der Waals surface area contributed by atoms with Crippen molar-refractivity contribution in [3.05, 3.63) is 17.0 Å². The Kier molecular flexibility index (Phi) is 5.97. The quantitative estimate of drug-likeness (QED) is 0.694. The summed E-state index contributed by atoms with van der Waals surface area (Å²) in [6.07, 6.45) is 3.21. The standard InChI is InChI=1S/C16H25N3O5S3/c1-13-6-7-15(25-13)27(23,24)18-11-9-17(10-12-18)16(20)14-5-3-4-8-19(14)26(2,21)22/h6-7,14H,3-5,8-12H2,1-2H3. The van der Waals surface area contributed by atoms with Gasteiger partial charge in [-0.1, -0.05) is 6.42 Å². The second kappa shape index (κ2) is 7.78. The van der Waals surface area contributed by atoms with E-state index >= 15 is 0 Å². The second-order valence-electron chi connectivity index (χ2n) is 6.98. The average molecular weight is 436 g/mol. The number of nitrogens with zero attached hydrogens (tertiary/aromatic N) is 3. The highest BCUT2D eigenvalue weighted by molar-refractivity contribution is 7.91. The summed E-state index contributed by atoms with van der Waals surface area (Å²) in [4.78, 5) is 15.4. The van der Waals surface area contributed by atoms with Crippen LogP contribution < -0.4 is 0 Å². The zero-order valence-electron chi connectivity index (χ0n) is 15.5. The first-order valence-corrected chi connectivity index (χ1v) is 13.0. The monoisotopic (exact) mass is 435 g/mol. The van der Waals surface area contributed by atoms with E-state index in [1.54, 1.807) is 17.0 Å². The summed E-state index contributed by atoms with van der Waals surface area (Å²) in [6.45, 7) is 3.21. The molecule has 8 nitrogen and oxygen atoms in total. The third-order valence-corrected chi connectivity index (χ3v) is 9.68. The molecule has 0 bridgehead atoms. The number of aryl methyl sites for hydroxylation is 1. The topological polar surface area (TPSA) is 95.1 Å². The maximum Gasteiger partial charge on any atom is 0.252 e. The number of thiophene rings is 1. The maximum absolute atomic E-state index is 12.9. The van der Waals surface area contributed by atoms with E-state index in [0.29, 0.717) is 17.2 Å². The van der Waals surface area contributed by atoms with Gasteiger partial charge in [-0.3, -0.25) is 4.79 Å². The summed E-state index contributed by atoms with van der Waals surface area (Å²) in [5, 5.41) is 0. The largest absolute Gasteiger partial charge is 0.339 e. The number of rotatable bonds is 4. The van der Waals surface area contributed by atoms with Crippen LogP contribution >= 0.6 is 11.3 Å². The minimum absolute atomic E-state index is 0.218. The molecule has 2 fully saturated rings. The Morgan fingerprint density at radius 2 is 1.70 bits per heavy atom. The summed E-state index contributed by atoms with van der Waals surface area (Å²) >= 11 is 1.24. The van der Waals surface area contributed by atoms with Crippen molar-refractivity contribution in [3.8, 4) is 0 Å². The fourth-order valence-electron chi connectivity index (χ4n) is 3.59. The molecule has 0 spiro atoms. The predicted molar refractivity (Wildman–Crippen MR) is 104 cm³/mol. The van der Waals surface area contributed by atoms with Gasteiger partial charge in [0, 0.05) is 37.6 Å². The van der Waals surface area contributed by atoms with Crippen molar-refractivity contribution in [2.75, 3.05) is 39.0 Å². The van der Waals surface area contributed by atoms with Crippen molar-refractivity contribution in [3.63, 3.8) is 0 Å². The van der Waals surface area contributed by atoms with Gasteiger partial charge in [-0.15, -0.1) is 11.3 Å². The molecule has 1 atom stereocenters. The number of carbonyl (C=O) groups is 1.